The number of unbranched alkanes of at least 4 members (excludes halogenated alkanes) is 7. The van der Waals surface area contributed by atoms with Gasteiger partial charge in [-0.1, -0.05) is 83.4 Å². The molecule has 0 aliphatic carbocycles. The van der Waals surface area contributed by atoms with Crippen molar-refractivity contribution in [2.24, 2.45) is 5.92 Å². The summed E-state index contributed by atoms with van der Waals surface area (Å²) in [5.41, 5.74) is 0.331. The first-order chi connectivity index (χ1) is 12.1. The van der Waals surface area contributed by atoms with Gasteiger partial charge in [-0.05, 0) is 24.5 Å². The molecule has 4 nitrogen and oxygen atoms in total. The third-order valence-corrected chi connectivity index (χ3v) is 3.88. The Morgan fingerprint density at radius 1 is 0.960 bits per heavy atom. The Morgan fingerprint density at radius 2 is 1.48 bits per heavy atom. The van der Waals surface area contributed by atoms with Crippen molar-refractivity contribution in [3.8, 4) is 0 Å². The van der Waals surface area contributed by atoms with E-state index < -0.39 is 5.97 Å². The van der Waals surface area contributed by atoms with Gasteiger partial charge in [-0.15, -0.1) is 0 Å². The Kier molecular flexibility index (Phi) is 15.7. The lowest BCUT2D eigenvalue weighted by atomic mass is 10.0. The van der Waals surface area contributed by atoms with Crippen LogP contribution in [0.5, 0.6) is 0 Å². The number of carboxylic acids is 1. The summed E-state index contributed by atoms with van der Waals surface area (Å²) in [6.45, 7) is 5.72. The number of benzene rings is 1. The summed E-state index contributed by atoms with van der Waals surface area (Å²) in [7, 11) is 0. The summed E-state index contributed by atoms with van der Waals surface area (Å²) in [5, 5.41) is 8.38. The average molecular weight is 350 g/mol. The highest BCUT2D eigenvalue weighted by atomic mass is 16.5. The van der Waals surface area contributed by atoms with E-state index in [4.69, 9.17) is 5.11 Å². The fourth-order valence-electron chi connectivity index (χ4n) is 2.43. The van der Waals surface area contributed by atoms with Crippen LogP contribution in [0, 0.1) is 5.92 Å². The van der Waals surface area contributed by atoms with E-state index in [0.717, 1.165) is 12.3 Å². The average Bonchev–Trinajstić information content (AvgIpc) is 2.61. The Bertz CT molecular complexity index is 429. The molecule has 0 aliphatic heterocycles. The van der Waals surface area contributed by atoms with Crippen molar-refractivity contribution in [3.05, 3.63) is 35.9 Å². The molecular formula is C21H34O4. The molecule has 142 valence electrons. The van der Waals surface area contributed by atoms with Crippen LogP contribution in [-0.4, -0.2) is 24.2 Å². The number of ether oxygens (including phenoxy) is 1. The van der Waals surface area contributed by atoms with Crippen molar-refractivity contribution in [2.75, 3.05) is 6.61 Å². The van der Waals surface area contributed by atoms with Gasteiger partial charge in [0.1, 0.15) is 0 Å². The fourth-order valence-corrected chi connectivity index (χ4v) is 2.43. The number of aromatic carboxylic acids is 1. The van der Waals surface area contributed by atoms with Gasteiger partial charge in [0.25, 0.3) is 6.47 Å². The lowest BCUT2D eigenvalue weighted by Gasteiger charge is -2.04. The predicted octanol–water partition coefficient (Wildman–Crippen LogP) is 5.71. The molecular weight excluding hydrogens is 316 g/mol. The first-order valence-corrected chi connectivity index (χ1v) is 9.41. The normalized spacial score (nSPS) is 10.0. The highest BCUT2D eigenvalue weighted by Gasteiger charge is 1.97. The molecule has 0 atom stereocenters. The molecule has 1 aromatic rings. The van der Waals surface area contributed by atoms with E-state index in [2.05, 4.69) is 18.6 Å². The van der Waals surface area contributed by atoms with Crippen molar-refractivity contribution in [2.45, 2.75) is 71.6 Å². The first kappa shape index (κ1) is 23.2. The van der Waals surface area contributed by atoms with E-state index in [1.807, 2.05) is 0 Å². The summed E-state index contributed by atoms with van der Waals surface area (Å²) in [4.78, 5) is 20.1. The summed E-state index contributed by atoms with van der Waals surface area (Å²) in [6.07, 6.45) is 11.8. The predicted molar refractivity (Wildman–Crippen MR) is 102 cm³/mol. The number of hydrogen-bond donors (Lipinski definition) is 1. The molecule has 4 heteroatoms. The Labute approximate surface area is 152 Å². The maximum Gasteiger partial charge on any atom is 0.335 e. The zero-order valence-corrected chi connectivity index (χ0v) is 15.8. The van der Waals surface area contributed by atoms with E-state index in [9.17, 15) is 9.59 Å². The molecule has 0 saturated carbocycles. The van der Waals surface area contributed by atoms with Crippen molar-refractivity contribution in [1.82, 2.24) is 0 Å². The zero-order chi connectivity index (χ0) is 18.8. The Morgan fingerprint density at radius 3 is 1.92 bits per heavy atom. The minimum absolute atomic E-state index is 0.331. The highest BCUT2D eigenvalue weighted by Crippen LogP contribution is 2.12. The lowest BCUT2D eigenvalue weighted by molar-refractivity contribution is -0.128. The van der Waals surface area contributed by atoms with Crippen LogP contribution in [0.25, 0.3) is 0 Å². The molecule has 0 heterocycles. The molecule has 0 radical (unpaired) electrons. The van der Waals surface area contributed by atoms with Gasteiger partial charge < -0.3 is 9.84 Å². The molecule has 0 fully saturated rings. The number of carboxylic acid groups (broad SMARTS) is 1. The van der Waals surface area contributed by atoms with Gasteiger partial charge >= 0.3 is 5.97 Å². The Hall–Kier alpha value is -1.84. The summed E-state index contributed by atoms with van der Waals surface area (Å²) >= 11 is 0. The second-order valence-corrected chi connectivity index (χ2v) is 6.65. The minimum atomic E-state index is -0.879. The van der Waals surface area contributed by atoms with Crippen LogP contribution in [0.4, 0.5) is 0 Å². The van der Waals surface area contributed by atoms with Crippen LogP contribution in [0.15, 0.2) is 30.3 Å². The van der Waals surface area contributed by atoms with E-state index >= 15 is 0 Å². The Balaban J connectivity index is 0.000000535. The third-order valence-electron chi connectivity index (χ3n) is 3.88. The van der Waals surface area contributed by atoms with Crippen LogP contribution in [0.3, 0.4) is 0 Å². The van der Waals surface area contributed by atoms with Crippen molar-refractivity contribution in [3.63, 3.8) is 0 Å². The number of carbonyl (C=O) groups is 2. The SMILES string of the molecule is CC(C)CCCCCCCCCCOC=O.O=C(O)c1ccccc1. The van der Waals surface area contributed by atoms with Gasteiger partial charge in [0.15, 0.2) is 0 Å². The van der Waals surface area contributed by atoms with Crippen LogP contribution in [0.1, 0.15) is 82.0 Å². The number of carbonyl (C=O) groups excluding carboxylic acids is 1. The topological polar surface area (TPSA) is 63.6 Å². The molecule has 0 unspecified atom stereocenters. The van der Waals surface area contributed by atoms with Crippen LogP contribution >= 0.6 is 0 Å². The quantitative estimate of drug-likeness (QED) is 0.365. The summed E-state index contributed by atoms with van der Waals surface area (Å²) < 4.78 is 4.63. The monoisotopic (exact) mass is 350 g/mol. The van der Waals surface area contributed by atoms with Crippen LogP contribution < -0.4 is 0 Å². The van der Waals surface area contributed by atoms with Crippen LogP contribution in [0.2, 0.25) is 0 Å². The van der Waals surface area contributed by atoms with Gasteiger partial charge in [-0.3, -0.25) is 4.79 Å². The van der Waals surface area contributed by atoms with Crippen molar-refractivity contribution in [1.29, 1.82) is 0 Å². The smallest absolute Gasteiger partial charge is 0.335 e. The summed E-state index contributed by atoms with van der Waals surface area (Å²) in [5.74, 6) is -0.0200. The summed E-state index contributed by atoms with van der Waals surface area (Å²) in [6, 6.07) is 8.30. The zero-order valence-electron chi connectivity index (χ0n) is 15.8. The second kappa shape index (κ2) is 17.0. The van der Waals surface area contributed by atoms with Gasteiger partial charge in [0, 0.05) is 0 Å². The molecule has 0 spiro atoms. The first-order valence-electron chi connectivity index (χ1n) is 9.41. The van der Waals surface area contributed by atoms with Crippen LogP contribution in [-0.2, 0) is 9.53 Å². The van der Waals surface area contributed by atoms with Gasteiger partial charge in [-0.2, -0.15) is 0 Å². The molecule has 0 saturated heterocycles. The molecule has 0 aliphatic rings. The largest absolute Gasteiger partial charge is 0.478 e. The van der Waals surface area contributed by atoms with Gasteiger partial charge in [-0.25, -0.2) is 4.79 Å². The number of hydrogen-bond acceptors (Lipinski definition) is 3. The standard InChI is InChI=1S/C14H28O2.C7H6O2/c1-14(2)11-9-7-5-3-4-6-8-10-12-16-13-15;8-7(9)6-4-2-1-3-5-6/h13-14H,3-12H2,1-2H3;1-5H,(H,8,9). The maximum absolute atomic E-state index is 10.2. The highest BCUT2D eigenvalue weighted by molar-refractivity contribution is 5.87. The molecule has 1 rings (SSSR count). The second-order valence-electron chi connectivity index (χ2n) is 6.65. The van der Waals surface area contributed by atoms with E-state index in [0.29, 0.717) is 18.6 Å². The number of rotatable bonds is 13. The molecule has 0 bridgehead atoms. The van der Waals surface area contributed by atoms with E-state index in [-0.39, 0.29) is 0 Å². The van der Waals surface area contributed by atoms with Gasteiger partial charge in [0.2, 0.25) is 0 Å². The molecule has 0 amide bonds. The third kappa shape index (κ3) is 16.8. The molecule has 1 aromatic carbocycles. The van der Waals surface area contributed by atoms with Crippen molar-refractivity contribution < 1.29 is 19.4 Å². The molecule has 1 N–H and O–H groups in total. The fraction of sp³-hybridized carbons (Fsp3) is 0.619. The molecule has 0 aromatic heterocycles. The minimum Gasteiger partial charge on any atom is -0.478 e. The van der Waals surface area contributed by atoms with Gasteiger partial charge in [0.05, 0.1) is 12.2 Å². The van der Waals surface area contributed by atoms with Crippen molar-refractivity contribution >= 4 is 12.4 Å². The lowest BCUT2D eigenvalue weighted by Crippen LogP contribution is -1.93. The van der Waals surface area contributed by atoms with E-state index in [1.165, 1.54) is 51.4 Å². The van der Waals surface area contributed by atoms with E-state index in [1.54, 1.807) is 30.3 Å². The maximum atomic E-state index is 10.2. The molecule has 25 heavy (non-hydrogen) atoms.